The molecule has 5 heteroatoms. The lowest BCUT2D eigenvalue weighted by Crippen LogP contribution is -2.65. The van der Waals surface area contributed by atoms with E-state index in [9.17, 15) is 5.11 Å². The maximum atomic E-state index is 12.6. The Hall–Kier alpha value is -0.126. The van der Waals surface area contributed by atoms with Gasteiger partial charge in [-0.1, -0.05) is 48.5 Å². The van der Waals surface area contributed by atoms with E-state index in [1.54, 1.807) is 0 Å². The standard InChI is InChI=1S/C35H64O3Si2/c1-14-20-34-22-17-26(38-40(12,13)32(6,7)8)24-35(34,36)23-18-27-29-16-15-28(33(29,9)21-19-30(27)34)25(2)37-39(10,11)31(3,4)5/h1,25-30,36H,15-24H2,2-13H3/t25-,26-,27-,28+,29-,30-,33+,34+,35+/m0/s1. The molecule has 4 saturated carbocycles. The minimum absolute atomic E-state index is 0.152. The molecule has 4 rings (SSSR count). The van der Waals surface area contributed by atoms with E-state index >= 15 is 0 Å². The molecule has 0 saturated heterocycles. The summed E-state index contributed by atoms with van der Waals surface area (Å²) in [6.07, 6.45) is 17.2. The van der Waals surface area contributed by atoms with Crippen LogP contribution in [-0.2, 0) is 8.85 Å². The Bertz CT molecular complexity index is 971. The molecule has 0 aromatic heterocycles. The van der Waals surface area contributed by atoms with Gasteiger partial charge in [0.2, 0.25) is 0 Å². The molecule has 0 aromatic rings. The highest BCUT2D eigenvalue weighted by molar-refractivity contribution is 6.74. The third-order valence-electron chi connectivity index (χ3n) is 14.1. The van der Waals surface area contributed by atoms with Crippen molar-refractivity contribution < 1.29 is 14.0 Å². The van der Waals surface area contributed by atoms with Crippen molar-refractivity contribution in [1.82, 2.24) is 0 Å². The molecule has 3 nitrogen and oxygen atoms in total. The van der Waals surface area contributed by atoms with Crippen molar-refractivity contribution in [2.45, 2.75) is 174 Å². The van der Waals surface area contributed by atoms with Crippen LogP contribution < -0.4 is 0 Å². The van der Waals surface area contributed by atoms with Crippen LogP contribution in [0.15, 0.2) is 0 Å². The van der Waals surface area contributed by atoms with Crippen LogP contribution in [0.1, 0.15) is 120 Å². The van der Waals surface area contributed by atoms with Crippen molar-refractivity contribution >= 4 is 16.6 Å². The van der Waals surface area contributed by atoms with E-state index in [0.29, 0.717) is 29.3 Å². The van der Waals surface area contributed by atoms with Crippen LogP contribution in [0.3, 0.4) is 0 Å². The summed E-state index contributed by atoms with van der Waals surface area (Å²) in [6, 6.07) is 0. The van der Waals surface area contributed by atoms with Gasteiger partial charge in [-0.05, 0) is 124 Å². The third kappa shape index (κ3) is 5.27. The maximum absolute atomic E-state index is 12.6. The fourth-order valence-electron chi connectivity index (χ4n) is 9.79. The van der Waals surface area contributed by atoms with Gasteiger partial charge in [0.25, 0.3) is 0 Å². The zero-order chi connectivity index (χ0) is 30.2. The van der Waals surface area contributed by atoms with Gasteiger partial charge in [0.15, 0.2) is 16.6 Å². The van der Waals surface area contributed by atoms with Crippen LogP contribution in [0, 0.1) is 46.8 Å². The molecular weight excluding hydrogens is 525 g/mol. The Balaban J connectivity index is 1.56. The lowest BCUT2D eigenvalue weighted by atomic mass is 9.42. The second-order valence-electron chi connectivity index (χ2n) is 18.0. The Kier molecular flexibility index (Phi) is 8.60. The van der Waals surface area contributed by atoms with Crippen LogP contribution in [-0.4, -0.2) is 39.6 Å². The first-order valence-electron chi connectivity index (χ1n) is 16.7. The number of terminal acetylenes is 1. The molecular formula is C35H64O3Si2. The molecule has 0 aliphatic heterocycles. The van der Waals surface area contributed by atoms with Gasteiger partial charge in [-0.3, -0.25) is 0 Å². The van der Waals surface area contributed by atoms with Crippen LogP contribution in [0.5, 0.6) is 0 Å². The monoisotopic (exact) mass is 588 g/mol. The van der Waals surface area contributed by atoms with E-state index in [0.717, 1.165) is 44.4 Å². The highest BCUT2D eigenvalue weighted by atomic mass is 28.4. The molecule has 0 aromatic carbocycles. The zero-order valence-corrected chi connectivity index (χ0v) is 30.4. The predicted octanol–water partition coefficient (Wildman–Crippen LogP) is 9.56. The van der Waals surface area contributed by atoms with Crippen LogP contribution in [0.2, 0.25) is 36.3 Å². The first-order valence-corrected chi connectivity index (χ1v) is 22.5. The lowest BCUT2D eigenvalue weighted by Gasteiger charge is -2.65. The SMILES string of the molecule is C#CC[C@]12CC[C@H](O[Si](C)(C)C(C)(C)C)C[C@]1(O)CC[C@H]1[C@@H]3CC[C@H]([C@H](C)O[Si](C)(C)C(C)(C)C)[C@@]3(C)CC[C@@H]12. The molecule has 4 fully saturated rings. The molecule has 0 radical (unpaired) electrons. The Morgan fingerprint density at radius 3 is 2.08 bits per heavy atom. The highest BCUT2D eigenvalue weighted by Gasteiger charge is 2.66. The van der Waals surface area contributed by atoms with E-state index in [-0.39, 0.29) is 21.6 Å². The molecule has 0 bridgehead atoms. The van der Waals surface area contributed by atoms with Crippen LogP contribution >= 0.6 is 0 Å². The molecule has 4 aliphatic rings. The average molecular weight is 589 g/mol. The molecule has 9 atom stereocenters. The van der Waals surface area contributed by atoms with Crippen molar-refractivity contribution in [3.05, 3.63) is 0 Å². The normalized spacial score (nSPS) is 41.5. The molecule has 1 N–H and O–H groups in total. The summed E-state index contributed by atoms with van der Waals surface area (Å²) in [5, 5.41) is 13.0. The molecule has 0 unspecified atom stereocenters. The van der Waals surface area contributed by atoms with Crippen molar-refractivity contribution in [2.75, 3.05) is 0 Å². The van der Waals surface area contributed by atoms with Crippen LogP contribution in [0.4, 0.5) is 0 Å². The van der Waals surface area contributed by atoms with Gasteiger partial charge in [0, 0.05) is 30.5 Å². The van der Waals surface area contributed by atoms with E-state index in [1.807, 2.05) is 0 Å². The second-order valence-corrected chi connectivity index (χ2v) is 27.6. The number of hydrogen-bond acceptors (Lipinski definition) is 3. The topological polar surface area (TPSA) is 38.7 Å². The van der Waals surface area contributed by atoms with E-state index in [2.05, 4.69) is 87.5 Å². The summed E-state index contributed by atoms with van der Waals surface area (Å²) in [4.78, 5) is 0. The van der Waals surface area contributed by atoms with Gasteiger partial charge in [0.1, 0.15) is 0 Å². The minimum atomic E-state index is -1.89. The summed E-state index contributed by atoms with van der Waals surface area (Å²) in [5.74, 6) is 5.66. The number of rotatable bonds is 6. The van der Waals surface area contributed by atoms with Crippen LogP contribution in [0.25, 0.3) is 0 Å². The third-order valence-corrected chi connectivity index (χ3v) is 23.2. The Labute approximate surface area is 250 Å². The van der Waals surface area contributed by atoms with E-state index < -0.39 is 22.2 Å². The van der Waals surface area contributed by atoms with Gasteiger partial charge in [0.05, 0.1) is 5.60 Å². The predicted molar refractivity (Wildman–Crippen MR) is 174 cm³/mol. The summed E-state index contributed by atoms with van der Waals surface area (Å²) < 4.78 is 14.0. The zero-order valence-electron chi connectivity index (χ0n) is 28.4. The fraction of sp³-hybridized carbons (Fsp3) is 0.943. The number of hydrogen-bond donors (Lipinski definition) is 1. The first kappa shape index (κ1) is 32.8. The lowest BCUT2D eigenvalue weighted by molar-refractivity contribution is -0.225. The molecule has 230 valence electrons. The average Bonchev–Trinajstić information content (AvgIpc) is 3.15. The van der Waals surface area contributed by atoms with Gasteiger partial charge < -0.3 is 14.0 Å². The van der Waals surface area contributed by atoms with E-state index in [1.165, 1.54) is 25.7 Å². The van der Waals surface area contributed by atoms with Gasteiger partial charge in [-0.25, -0.2) is 0 Å². The smallest absolute Gasteiger partial charge is 0.192 e. The molecule has 40 heavy (non-hydrogen) atoms. The van der Waals surface area contributed by atoms with Crippen molar-refractivity contribution in [3.8, 4) is 12.3 Å². The fourth-order valence-corrected chi connectivity index (χ4v) is 12.6. The molecule has 0 heterocycles. The quantitative estimate of drug-likeness (QED) is 0.248. The van der Waals surface area contributed by atoms with E-state index in [4.69, 9.17) is 15.3 Å². The van der Waals surface area contributed by atoms with Crippen molar-refractivity contribution in [2.24, 2.45) is 34.5 Å². The number of aliphatic hydroxyl groups is 1. The van der Waals surface area contributed by atoms with Gasteiger partial charge in [-0.2, -0.15) is 0 Å². The second kappa shape index (κ2) is 10.5. The first-order chi connectivity index (χ1) is 18.1. The Morgan fingerprint density at radius 2 is 1.50 bits per heavy atom. The Morgan fingerprint density at radius 1 is 0.875 bits per heavy atom. The molecule has 0 spiro atoms. The molecule has 0 amide bonds. The van der Waals surface area contributed by atoms with Gasteiger partial charge >= 0.3 is 0 Å². The van der Waals surface area contributed by atoms with Crippen molar-refractivity contribution in [1.29, 1.82) is 0 Å². The van der Waals surface area contributed by atoms with Crippen molar-refractivity contribution in [3.63, 3.8) is 0 Å². The maximum Gasteiger partial charge on any atom is 0.192 e. The molecule has 4 aliphatic carbocycles. The minimum Gasteiger partial charge on any atom is -0.414 e. The summed E-state index contributed by atoms with van der Waals surface area (Å²) in [7, 11) is -3.71. The highest BCUT2D eigenvalue weighted by Crippen LogP contribution is 2.70. The summed E-state index contributed by atoms with van der Waals surface area (Å²) >= 11 is 0. The summed E-state index contributed by atoms with van der Waals surface area (Å²) in [6.45, 7) is 28.5. The number of fused-ring (bicyclic) bond motifs is 5. The largest absolute Gasteiger partial charge is 0.414 e. The summed E-state index contributed by atoms with van der Waals surface area (Å²) in [5.41, 5.74) is -0.519. The van der Waals surface area contributed by atoms with Gasteiger partial charge in [-0.15, -0.1) is 12.3 Å².